The SMILES string of the molecule is CCc1nc(CN(C)C2CC(C)(C)NC(C)(C)C2)nc(N(CCCNCc2nc(CN(C)C3CC(C)(C)NC(C)(C)C3)nc(CN(C)C3CC(C)(C)NC(C)(C)C3)n2)CN(C)CCCNCc2nc(CN(C)C3CC(C)(C)NC(C)(C)C3)nc(CN(C)C3CC(C)(C)NC(C)(C)C3)n2)n1. The van der Waals surface area contributed by atoms with Gasteiger partial charge in [0, 0.05) is 105 Å². The molecule has 23 nitrogen and oxygen atoms in total. The van der Waals surface area contributed by atoms with E-state index in [-0.39, 0.29) is 55.4 Å². The topological polar surface area (TPSA) is 223 Å². The molecule has 0 amide bonds. The third kappa shape index (κ3) is 25.3. The maximum Gasteiger partial charge on any atom is 0.229 e. The van der Waals surface area contributed by atoms with E-state index in [0.717, 1.165) is 162 Å². The van der Waals surface area contributed by atoms with Gasteiger partial charge in [0.2, 0.25) is 5.95 Å². The van der Waals surface area contributed by atoms with Crippen LogP contribution in [-0.2, 0) is 52.2 Å². The van der Waals surface area contributed by atoms with Gasteiger partial charge in [0.15, 0.2) is 0 Å². The Labute approximate surface area is 601 Å². The fourth-order valence-corrected chi connectivity index (χ4v) is 18.8. The molecule has 5 aliphatic rings. The van der Waals surface area contributed by atoms with Gasteiger partial charge < -0.3 is 42.1 Å². The van der Waals surface area contributed by atoms with Gasteiger partial charge in [-0.25, -0.2) is 34.9 Å². The molecular weight excluding hydrogens is 1230 g/mol. The average molecular weight is 1380 g/mol. The molecule has 23 heteroatoms. The molecule has 8 heterocycles. The molecule has 5 saturated heterocycles. The number of nitrogens with one attached hydrogen (secondary N) is 7. The van der Waals surface area contributed by atoms with Gasteiger partial charge in [-0.1, -0.05) is 6.92 Å². The molecule has 0 aromatic carbocycles. The third-order valence-corrected chi connectivity index (χ3v) is 21.4. The van der Waals surface area contributed by atoms with Crippen molar-refractivity contribution in [2.75, 3.05) is 80.0 Å². The molecule has 0 atom stereocenters. The number of rotatable bonds is 31. The molecular formula is C76H143N23. The van der Waals surface area contributed by atoms with Crippen LogP contribution in [-0.4, -0.2) is 235 Å². The molecule has 99 heavy (non-hydrogen) atoms. The van der Waals surface area contributed by atoms with Crippen LogP contribution in [0.4, 0.5) is 5.95 Å². The molecule has 0 radical (unpaired) electrons. The molecule has 0 unspecified atom stereocenters. The summed E-state index contributed by atoms with van der Waals surface area (Å²) in [7, 11) is 13.5. The van der Waals surface area contributed by atoms with Crippen molar-refractivity contribution in [3.63, 3.8) is 0 Å². The summed E-state index contributed by atoms with van der Waals surface area (Å²) in [6.07, 6.45) is 13.1. The Bertz CT molecular complexity index is 2870. The monoisotopic (exact) mass is 1380 g/mol. The summed E-state index contributed by atoms with van der Waals surface area (Å²) in [5.74, 6) is 7.33. The van der Waals surface area contributed by atoms with Crippen LogP contribution in [0.25, 0.3) is 0 Å². The summed E-state index contributed by atoms with van der Waals surface area (Å²) in [5.41, 5.74) is 0.300. The first kappa shape index (κ1) is 81.0. The summed E-state index contributed by atoms with van der Waals surface area (Å²) in [6.45, 7) is 57.0. The van der Waals surface area contributed by atoms with Gasteiger partial charge in [-0.2, -0.15) is 9.97 Å². The Morgan fingerprint density at radius 1 is 0.313 bits per heavy atom. The number of hydrogen-bond acceptors (Lipinski definition) is 23. The molecule has 0 saturated carbocycles. The predicted octanol–water partition coefficient (Wildman–Crippen LogP) is 8.56. The van der Waals surface area contributed by atoms with E-state index in [1.807, 2.05) is 0 Å². The number of hydrogen-bond donors (Lipinski definition) is 7. The first-order valence-corrected chi connectivity index (χ1v) is 38.1. The number of anilines is 1. The fraction of sp³-hybridized carbons (Fsp3) is 0.882. The van der Waals surface area contributed by atoms with E-state index in [2.05, 4.69) is 259 Å². The second-order valence-corrected chi connectivity index (χ2v) is 38.4. The van der Waals surface area contributed by atoms with Crippen LogP contribution in [0.3, 0.4) is 0 Å². The van der Waals surface area contributed by atoms with Crippen molar-refractivity contribution in [2.24, 2.45) is 0 Å². The van der Waals surface area contributed by atoms with Crippen LogP contribution in [0.1, 0.15) is 269 Å². The Hall–Kier alpha value is -3.69. The summed E-state index contributed by atoms with van der Waals surface area (Å²) in [4.78, 5) is 64.1. The van der Waals surface area contributed by atoms with E-state index in [0.29, 0.717) is 82.7 Å². The van der Waals surface area contributed by atoms with Crippen molar-refractivity contribution < 1.29 is 0 Å². The predicted molar refractivity (Wildman–Crippen MR) is 405 cm³/mol. The Balaban J connectivity index is 0.963. The highest BCUT2D eigenvalue weighted by Gasteiger charge is 2.44. The van der Waals surface area contributed by atoms with E-state index in [9.17, 15) is 0 Å². The molecule has 3 aromatic heterocycles. The number of aryl methyl sites for hydroxylation is 1. The van der Waals surface area contributed by atoms with Crippen LogP contribution >= 0.6 is 0 Å². The van der Waals surface area contributed by atoms with Crippen LogP contribution in [0.2, 0.25) is 0 Å². The van der Waals surface area contributed by atoms with Crippen molar-refractivity contribution >= 4 is 5.95 Å². The van der Waals surface area contributed by atoms with Crippen molar-refractivity contribution in [2.45, 2.75) is 360 Å². The Morgan fingerprint density at radius 2 is 0.535 bits per heavy atom. The number of piperidine rings is 5. The molecule has 8 rings (SSSR count). The first-order valence-electron chi connectivity index (χ1n) is 38.1. The molecule has 5 aliphatic heterocycles. The summed E-state index contributed by atoms with van der Waals surface area (Å²) in [5, 5.41) is 27.0. The van der Waals surface area contributed by atoms with Crippen LogP contribution in [0, 0.1) is 0 Å². The second-order valence-electron chi connectivity index (χ2n) is 38.4. The molecule has 0 spiro atoms. The molecule has 0 bridgehead atoms. The highest BCUT2D eigenvalue weighted by atomic mass is 15.4. The van der Waals surface area contributed by atoms with Crippen molar-refractivity contribution in [1.82, 2.24) is 111 Å². The van der Waals surface area contributed by atoms with Gasteiger partial charge in [0.25, 0.3) is 0 Å². The van der Waals surface area contributed by atoms with Crippen LogP contribution in [0.5, 0.6) is 0 Å². The Morgan fingerprint density at radius 3 is 0.798 bits per heavy atom. The molecule has 562 valence electrons. The van der Waals surface area contributed by atoms with Gasteiger partial charge in [0.05, 0.1) is 52.5 Å². The molecule has 0 aliphatic carbocycles. The number of aromatic nitrogens is 9. The maximum absolute atomic E-state index is 5.34. The van der Waals surface area contributed by atoms with Gasteiger partial charge in [-0.3, -0.25) is 29.4 Å². The summed E-state index contributed by atoms with van der Waals surface area (Å²) >= 11 is 0. The highest BCUT2D eigenvalue weighted by molar-refractivity contribution is 5.30. The minimum absolute atomic E-state index is 0.0226. The quantitative estimate of drug-likeness (QED) is 0.0237. The minimum Gasteiger partial charge on any atom is -0.328 e. The third-order valence-electron chi connectivity index (χ3n) is 21.4. The smallest absolute Gasteiger partial charge is 0.229 e. The summed E-state index contributed by atoms with van der Waals surface area (Å²) < 4.78 is 0. The zero-order valence-electron chi connectivity index (χ0n) is 67.7. The molecule has 3 aromatic rings. The second kappa shape index (κ2) is 32.0. The average Bonchev–Trinajstić information content (AvgIpc) is 0.818. The van der Waals surface area contributed by atoms with Crippen LogP contribution < -0.4 is 42.1 Å². The molecule has 5 fully saturated rings. The Kier molecular flexibility index (Phi) is 26.1. The zero-order valence-corrected chi connectivity index (χ0v) is 67.7. The lowest BCUT2D eigenvalue weighted by Crippen LogP contribution is -2.61. The largest absolute Gasteiger partial charge is 0.328 e. The molecule has 7 N–H and O–H groups in total. The first-order chi connectivity index (χ1) is 45.6. The van der Waals surface area contributed by atoms with Crippen molar-refractivity contribution in [3.8, 4) is 0 Å². The lowest BCUT2D eigenvalue weighted by molar-refractivity contribution is 0.0738. The fourth-order valence-electron chi connectivity index (χ4n) is 18.8. The highest BCUT2D eigenvalue weighted by Crippen LogP contribution is 2.37. The standard InChI is InChI=1S/C76H143N23/c1-28-58-79-65(51-98(27)57-43-75(18,19)92-76(20,21)44-57)87-66(86-58)99(34-30-32-78-46-60-82-63(49-96(25)55-39-71(10,11)90-72(12,13)40-55)85-64(83-60)50-97(26)56-41-73(14,15)91-74(16,17)42-56)52-93(22)33-29-31-77-45-59-80-61(47-94(23)53-35-67(2,3)88-68(4,5)36-53)84-62(81-59)48-95(24)54-37-69(6,7)89-70(8,9)38-54/h53-57,77-78,88-92H,28-52H2,1-27H3. The van der Waals surface area contributed by atoms with Gasteiger partial charge in [-0.05, 0) is 271 Å². The van der Waals surface area contributed by atoms with E-state index < -0.39 is 0 Å². The lowest BCUT2D eigenvalue weighted by Gasteiger charge is -2.49. The van der Waals surface area contributed by atoms with Crippen molar-refractivity contribution in [3.05, 3.63) is 46.6 Å². The van der Waals surface area contributed by atoms with Gasteiger partial charge in [-0.15, -0.1) is 0 Å². The van der Waals surface area contributed by atoms with Gasteiger partial charge >= 0.3 is 0 Å². The van der Waals surface area contributed by atoms with Crippen LogP contribution in [0.15, 0.2) is 0 Å². The van der Waals surface area contributed by atoms with Crippen molar-refractivity contribution in [1.29, 1.82) is 0 Å². The van der Waals surface area contributed by atoms with E-state index in [4.69, 9.17) is 44.9 Å². The van der Waals surface area contributed by atoms with E-state index in [1.54, 1.807) is 0 Å². The maximum atomic E-state index is 5.34. The normalized spacial score (nSPS) is 23.1. The minimum atomic E-state index is 0.0226. The lowest BCUT2D eigenvalue weighted by atomic mass is 9.79. The summed E-state index contributed by atoms with van der Waals surface area (Å²) in [6, 6.07) is 1.98. The zero-order chi connectivity index (χ0) is 73.1. The van der Waals surface area contributed by atoms with Gasteiger partial charge in [0.1, 0.15) is 46.6 Å². The van der Waals surface area contributed by atoms with E-state index >= 15 is 0 Å². The number of nitrogens with zero attached hydrogens (tertiary/aromatic N) is 16. The van der Waals surface area contributed by atoms with E-state index in [1.165, 1.54) is 0 Å².